The van der Waals surface area contributed by atoms with Crippen molar-refractivity contribution in [3.63, 3.8) is 0 Å². The van der Waals surface area contributed by atoms with Crippen molar-refractivity contribution in [2.75, 3.05) is 19.6 Å². The molecule has 1 unspecified atom stereocenters. The van der Waals surface area contributed by atoms with Crippen molar-refractivity contribution in [1.29, 1.82) is 0 Å². The molecule has 0 radical (unpaired) electrons. The van der Waals surface area contributed by atoms with Crippen molar-refractivity contribution >= 4 is 12.2 Å². The number of quaternary nitrogens is 1. The highest BCUT2D eigenvalue weighted by molar-refractivity contribution is 5.76. The highest BCUT2D eigenvalue weighted by Crippen LogP contribution is 2.04. The summed E-state index contributed by atoms with van der Waals surface area (Å²) < 4.78 is -0.685. The van der Waals surface area contributed by atoms with Gasteiger partial charge in [-0.1, -0.05) is 0 Å². The second-order valence-corrected chi connectivity index (χ2v) is 2.32. The van der Waals surface area contributed by atoms with Crippen LogP contribution in [0.15, 0.2) is 4.99 Å². The van der Waals surface area contributed by atoms with Gasteiger partial charge in [0.05, 0.1) is 6.54 Å². The predicted molar refractivity (Wildman–Crippen MR) is 35.9 cm³/mol. The molecule has 0 aliphatic carbocycles. The molecule has 2 N–H and O–H groups in total. The second-order valence-electron chi connectivity index (χ2n) is 2.32. The first-order valence-corrected chi connectivity index (χ1v) is 2.99. The van der Waals surface area contributed by atoms with Gasteiger partial charge >= 0.3 is 0 Å². The number of aliphatic imine (C=N–C) groups is 1. The standard InChI is InChI=1S/C5H9N3O2/c6-5(9)3-8(10)2-1-7-4-8/h4H,1-3H2,(H2,6,9). The molecule has 1 heterocycles. The van der Waals surface area contributed by atoms with Crippen LogP contribution in [0.3, 0.4) is 0 Å². The smallest absolute Gasteiger partial charge is 0.273 e. The molecule has 5 nitrogen and oxygen atoms in total. The fourth-order valence-electron chi connectivity index (χ4n) is 0.875. The summed E-state index contributed by atoms with van der Waals surface area (Å²) in [7, 11) is 0. The normalized spacial score (nSPS) is 30.9. The van der Waals surface area contributed by atoms with Crippen LogP contribution in [-0.2, 0) is 4.79 Å². The molecule has 0 saturated heterocycles. The lowest BCUT2D eigenvalue weighted by Gasteiger charge is -2.32. The van der Waals surface area contributed by atoms with Gasteiger partial charge in [-0.25, -0.2) is 4.99 Å². The molecule has 0 aromatic heterocycles. The molecular formula is C5H9N3O2. The second kappa shape index (κ2) is 2.36. The molecule has 0 fully saturated rings. The Morgan fingerprint density at radius 1 is 1.90 bits per heavy atom. The lowest BCUT2D eigenvalue weighted by molar-refractivity contribution is -0.766. The zero-order valence-electron chi connectivity index (χ0n) is 5.49. The Kier molecular flexibility index (Phi) is 1.69. The van der Waals surface area contributed by atoms with Crippen molar-refractivity contribution in [3.05, 3.63) is 5.21 Å². The number of amides is 1. The van der Waals surface area contributed by atoms with Gasteiger partial charge in [0.15, 0.2) is 12.9 Å². The van der Waals surface area contributed by atoms with Gasteiger partial charge < -0.3 is 15.6 Å². The van der Waals surface area contributed by atoms with Gasteiger partial charge in [0.2, 0.25) is 0 Å². The molecule has 10 heavy (non-hydrogen) atoms. The first kappa shape index (κ1) is 7.17. The van der Waals surface area contributed by atoms with Crippen LogP contribution in [-0.4, -0.2) is 36.5 Å². The van der Waals surface area contributed by atoms with Crippen molar-refractivity contribution in [2.45, 2.75) is 0 Å². The number of carbonyl (C=O) groups excluding carboxylic acids is 1. The quantitative estimate of drug-likeness (QED) is 0.390. The van der Waals surface area contributed by atoms with Crippen LogP contribution in [0, 0.1) is 5.21 Å². The minimum Gasteiger partial charge on any atom is -0.626 e. The van der Waals surface area contributed by atoms with Crippen LogP contribution in [0.5, 0.6) is 0 Å². The number of nitrogens with zero attached hydrogens (tertiary/aromatic N) is 2. The summed E-state index contributed by atoms with van der Waals surface area (Å²) in [6.45, 7) is 0.642. The number of hydrogen-bond acceptors (Lipinski definition) is 3. The highest BCUT2D eigenvalue weighted by Gasteiger charge is 2.20. The molecule has 0 aromatic rings. The maximum absolute atomic E-state index is 11.2. The van der Waals surface area contributed by atoms with E-state index in [1.54, 1.807) is 0 Å². The first-order valence-electron chi connectivity index (χ1n) is 2.99. The van der Waals surface area contributed by atoms with E-state index in [0.717, 1.165) is 0 Å². The van der Waals surface area contributed by atoms with Crippen LogP contribution in [0.1, 0.15) is 0 Å². The minimum atomic E-state index is -0.685. The van der Waals surface area contributed by atoms with Gasteiger partial charge in [-0.2, -0.15) is 0 Å². The monoisotopic (exact) mass is 143 g/mol. The molecule has 0 bridgehead atoms. The zero-order chi connectivity index (χ0) is 7.61. The summed E-state index contributed by atoms with van der Waals surface area (Å²) in [6.07, 6.45) is 1.23. The molecule has 1 rings (SSSR count). The molecule has 5 heteroatoms. The Morgan fingerprint density at radius 3 is 3.00 bits per heavy atom. The summed E-state index contributed by atoms with van der Waals surface area (Å²) in [4.78, 5) is 14.0. The summed E-state index contributed by atoms with van der Waals surface area (Å²) in [5, 5.41) is 11.2. The Bertz CT molecular complexity index is 180. The minimum absolute atomic E-state index is 0.191. The van der Waals surface area contributed by atoms with E-state index < -0.39 is 10.6 Å². The van der Waals surface area contributed by atoms with Crippen LogP contribution in [0.2, 0.25) is 0 Å². The third-order valence-electron chi connectivity index (χ3n) is 1.32. The number of nitrogens with two attached hydrogens (primary N) is 1. The van der Waals surface area contributed by atoms with Gasteiger partial charge in [-0.3, -0.25) is 4.79 Å². The lowest BCUT2D eigenvalue weighted by Crippen LogP contribution is -2.45. The first-order chi connectivity index (χ1) is 4.62. The van der Waals surface area contributed by atoms with Crippen LogP contribution >= 0.6 is 0 Å². The van der Waals surface area contributed by atoms with E-state index in [9.17, 15) is 10.0 Å². The van der Waals surface area contributed by atoms with Crippen molar-refractivity contribution in [1.82, 2.24) is 0 Å². The Hall–Kier alpha value is -0.940. The molecule has 56 valence electrons. The van der Waals surface area contributed by atoms with Crippen molar-refractivity contribution in [3.8, 4) is 0 Å². The van der Waals surface area contributed by atoms with E-state index in [0.29, 0.717) is 13.1 Å². The summed E-state index contributed by atoms with van der Waals surface area (Å²) in [5.41, 5.74) is 4.84. The van der Waals surface area contributed by atoms with E-state index in [4.69, 9.17) is 5.73 Å². The van der Waals surface area contributed by atoms with Gasteiger partial charge in [-0.15, -0.1) is 0 Å². The molecule has 0 spiro atoms. The fourth-order valence-corrected chi connectivity index (χ4v) is 0.875. The zero-order valence-corrected chi connectivity index (χ0v) is 5.49. The average Bonchev–Trinajstić information content (AvgIpc) is 2.12. The Balaban J connectivity index is 2.52. The van der Waals surface area contributed by atoms with Gasteiger partial charge in [0.25, 0.3) is 5.91 Å². The summed E-state index contributed by atoms with van der Waals surface area (Å²) in [5.74, 6) is -0.580. The number of hydroxylamine groups is 3. The Labute approximate surface area is 58.3 Å². The predicted octanol–water partition coefficient (Wildman–Crippen LogP) is -1.17. The van der Waals surface area contributed by atoms with Crippen LogP contribution in [0.4, 0.5) is 0 Å². The van der Waals surface area contributed by atoms with Gasteiger partial charge in [-0.05, 0) is 0 Å². The van der Waals surface area contributed by atoms with E-state index in [1.807, 2.05) is 0 Å². The van der Waals surface area contributed by atoms with Gasteiger partial charge in [0.1, 0.15) is 6.54 Å². The SMILES string of the molecule is NC(=O)C[N+]1([O-])C=NCC1. The van der Waals surface area contributed by atoms with E-state index >= 15 is 0 Å². The topological polar surface area (TPSA) is 78.5 Å². The molecule has 1 aliphatic rings. The van der Waals surface area contributed by atoms with E-state index in [2.05, 4.69) is 4.99 Å². The number of carbonyl (C=O) groups is 1. The molecule has 0 saturated carbocycles. The average molecular weight is 143 g/mol. The number of primary amides is 1. The highest BCUT2D eigenvalue weighted by atomic mass is 16.5. The summed E-state index contributed by atoms with van der Waals surface area (Å²) in [6, 6.07) is 0. The maximum Gasteiger partial charge on any atom is 0.273 e. The molecule has 1 aliphatic heterocycles. The van der Waals surface area contributed by atoms with Crippen molar-refractivity contribution < 1.29 is 9.44 Å². The van der Waals surface area contributed by atoms with Crippen LogP contribution < -0.4 is 5.73 Å². The van der Waals surface area contributed by atoms with Gasteiger partial charge in [0, 0.05) is 0 Å². The van der Waals surface area contributed by atoms with E-state index in [1.165, 1.54) is 6.34 Å². The third kappa shape index (κ3) is 1.52. The molecule has 1 atom stereocenters. The fraction of sp³-hybridized carbons (Fsp3) is 0.600. The van der Waals surface area contributed by atoms with Crippen LogP contribution in [0.25, 0.3) is 0 Å². The third-order valence-corrected chi connectivity index (χ3v) is 1.32. The van der Waals surface area contributed by atoms with E-state index in [-0.39, 0.29) is 6.54 Å². The molecule has 1 amide bonds. The lowest BCUT2D eigenvalue weighted by atomic mass is 10.5. The Morgan fingerprint density at radius 2 is 2.60 bits per heavy atom. The maximum atomic E-state index is 11.2. The summed E-state index contributed by atoms with van der Waals surface area (Å²) >= 11 is 0. The largest absolute Gasteiger partial charge is 0.626 e. The molecule has 0 aromatic carbocycles. The molecular weight excluding hydrogens is 134 g/mol. The number of rotatable bonds is 2. The number of hydrogen-bond donors (Lipinski definition) is 1. The van der Waals surface area contributed by atoms with Crippen molar-refractivity contribution in [2.24, 2.45) is 10.7 Å².